The van der Waals surface area contributed by atoms with E-state index in [1.165, 1.54) is 5.56 Å². The van der Waals surface area contributed by atoms with E-state index in [2.05, 4.69) is 64.0 Å². The Kier molecular flexibility index (Phi) is 4.97. The molecule has 0 fully saturated rings. The lowest BCUT2D eigenvalue weighted by Gasteiger charge is -2.32. The first kappa shape index (κ1) is 16.0. The van der Waals surface area contributed by atoms with Gasteiger partial charge < -0.3 is 11.1 Å². The van der Waals surface area contributed by atoms with E-state index in [1.54, 1.807) is 0 Å². The second kappa shape index (κ2) is 5.91. The zero-order chi connectivity index (χ0) is 14.7. The van der Waals surface area contributed by atoms with Gasteiger partial charge in [-0.25, -0.2) is 4.98 Å². The van der Waals surface area contributed by atoms with Crippen LogP contribution >= 0.6 is 0 Å². The first-order chi connectivity index (χ1) is 8.64. The Labute approximate surface area is 118 Å². The van der Waals surface area contributed by atoms with E-state index in [4.69, 9.17) is 5.73 Å². The summed E-state index contributed by atoms with van der Waals surface area (Å²) in [5, 5.41) is 3.51. The average molecular weight is 263 g/mol. The van der Waals surface area contributed by atoms with Crippen molar-refractivity contribution in [2.45, 2.75) is 59.4 Å². The van der Waals surface area contributed by atoms with Gasteiger partial charge in [-0.1, -0.05) is 47.6 Å². The van der Waals surface area contributed by atoms with Crippen molar-refractivity contribution in [2.75, 3.05) is 11.9 Å². The molecule has 0 aliphatic heterocycles. The number of anilines is 1. The number of nitrogens with zero attached hydrogens (tertiary/aromatic N) is 1. The Hall–Kier alpha value is -1.09. The van der Waals surface area contributed by atoms with Crippen LogP contribution in [0.1, 0.15) is 53.5 Å². The molecular weight excluding hydrogens is 234 g/mol. The van der Waals surface area contributed by atoms with Gasteiger partial charge in [0, 0.05) is 12.2 Å². The standard InChI is InChI=1S/C16H29N3/c1-15(2,3)12-7-8-14(18-11-12)19-13(9-10-17)16(4,5)6/h7-8,11,13H,9-10,17H2,1-6H3,(H,18,19). The Morgan fingerprint density at radius 3 is 2.16 bits per heavy atom. The maximum absolute atomic E-state index is 5.70. The molecule has 1 heterocycles. The number of nitrogens with two attached hydrogens (primary N) is 1. The van der Waals surface area contributed by atoms with Crippen LogP contribution in [0.5, 0.6) is 0 Å². The van der Waals surface area contributed by atoms with Crippen LogP contribution in [0.3, 0.4) is 0 Å². The summed E-state index contributed by atoms with van der Waals surface area (Å²) in [6.45, 7) is 14.0. The van der Waals surface area contributed by atoms with Crippen molar-refractivity contribution in [2.24, 2.45) is 11.1 Å². The highest BCUT2D eigenvalue weighted by Gasteiger charge is 2.24. The van der Waals surface area contributed by atoms with Gasteiger partial charge >= 0.3 is 0 Å². The number of nitrogens with one attached hydrogen (secondary N) is 1. The van der Waals surface area contributed by atoms with Gasteiger partial charge in [0.15, 0.2) is 0 Å². The maximum Gasteiger partial charge on any atom is 0.126 e. The molecule has 0 saturated carbocycles. The molecule has 1 aromatic heterocycles. The summed E-state index contributed by atoms with van der Waals surface area (Å²) >= 11 is 0. The monoisotopic (exact) mass is 263 g/mol. The molecule has 0 aromatic carbocycles. The summed E-state index contributed by atoms with van der Waals surface area (Å²) in [7, 11) is 0. The van der Waals surface area contributed by atoms with Crippen molar-refractivity contribution in [1.29, 1.82) is 0 Å². The fraction of sp³-hybridized carbons (Fsp3) is 0.688. The molecule has 0 aliphatic rings. The first-order valence-electron chi connectivity index (χ1n) is 7.08. The first-order valence-corrected chi connectivity index (χ1v) is 7.08. The molecule has 1 rings (SSSR count). The largest absolute Gasteiger partial charge is 0.367 e. The Balaban J connectivity index is 2.81. The van der Waals surface area contributed by atoms with Gasteiger partial charge in [-0.05, 0) is 35.4 Å². The second-order valence-corrected chi connectivity index (χ2v) is 7.32. The second-order valence-electron chi connectivity index (χ2n) is 7.32. The summed E-state index contributed by atoms with van der Waals surface area (Å²) in [6.07, 6.45) is 2.91. The Morgan fingerprint density at radius 2 is 1.79 bits per heavy atom. The summed E-state index contributed by atoms with van der Waals surface area (Å²) in [6, 6.07) is 4.55. The highest BCUT2D eigenvalue weighted by atomic mass is 15.0. The maximum atomic E-state index is 5.70. The highest BCUT2D eigenvalue weighted by molar-refractivity contribution is 5.38. The number of rotatable bonds is 4. The van der Waals surface area contributed by atoms with Crippen LogP contribution in [0.4, 0.5) is 5.82 Å². The van der Waals surface area contributed by atoms with Crippen molar-refractivity contribution in [3.8, 4) is 0 Å². The molecule has 0 aliphatic carbocycles. The smallest absolute Gasteiger partial charge is 0.126 e. The topological polar surface area (TPSA) is 50.9 Å². The summed E-state index contributed by atoms with van der Waals surface area (Å²) in [5.74, 6) is 0.932. The molecular formula is C16H29N3. The van der Waals surface area contributed by atoms with Crippen LogP contribution in [-0.2, 0) is 5.41 Å². The van der Waals surface area contributed by atoms with Crippen molar-refractivity contribution >= 4 is 5.82 Å². The summed E-state index contributed by atoms with van der Waals surface area (Å²) in [5.41, 5.74) is 7.27. The van der Waals surface area contributed by atoms with E-state index >= 15 is 0 Å². The van der Waals surface area contributed by atoms with Crippen molar-refractivity contribution in [1.82, 2.24) is 4.98 Å². The molecule has 0 amide bonds. The minimum atomic E-state index is 0.145. The third kappa shape index (κ3) is 4.83. The predicted molar refractivity (Wildman–Crippen MR) is 83.5 cm³/mol. The van der Waals surface area contributed by atoms with Crippen LogP contribution in [0, 0.1) is 5.41 Å². The number of hydrogen-bond donors (Lipinski definition) is 2. The molecule has 3 nitrogen and oxygen atoms in total. The third-order valence-electron chi connectivity index (χ3n) is 3.45. The lowest BCUT2D eigenvalue weighted by Crippen LogP contribution is -2.36. The molecule has 0 spiro atoms. The van der Waals surface area contributed by atoms with Crippen molar-refractivity contribution in [3.63, 3.8) is 0 Å². The molecule has 3 N–H and O–H groups in total. The molecule has 0 bridgehead atoms. The molecule has 1 unspecified atom stereocenters. The van der Waals surface area contributed by atoms with E-state index in [9.17, 15) is 0 Å². The fourth-order valence-corrected chi connectivity index (χ4v) is 1.99. The van der Waals surface area contributed by atoms with Gasteiger partial charge in [0.1, 0.15) is 5.82 Å². The fourth-order valence-electron chi connectivity index (χ4n) is 1.99. The minimum absolute atomic E-state index is 0.145. The van der Waals surface area contributed by atoms with Crippen LogP contribution in [0.2, 0.25) is 0 Å². The lowest BCUT2D eigenvalue weighted by molar-refractivity contribution is 0.328. The van der Waals surface area contributed by atoms with E-state index in [0.29, 0.717) is 12.6 Å². The van der Waals surface area contributed by atoms with Crippen LogP contribution in [0.15, 0.2) is 18.3 Å². The van der Waals surface area contributed by atoms with Gasteiger partial charge in [-0.15, -0.1) is 0 Å². The van der Waals surface area contributed by atoms with E-state index in [0.717, 1.165) is 12.2 Å². The summed E-state index contributed by atoms with van der Waals surface area (Å²) in [4.78, 5) is 4.53. The minimum Gasteiger partial charge on any atom is -0.367 e. The van der Waals surface area contributed by atoms with Gasteiger partial charge in [0.05, 0.1) is 0 Å². The number of pyridine rings is 1. The van der Waals surface area contributed by atoms with E-state index < -0.39 is 0 Å². The van der Waals surface area contributed by atoms with Gasteiger partial charge in [-0.2, -0.15) is 0 Å². The molecule has 108 valence electrons. The molecule has 1 aromatic rings. The van der Waals surface area contributed by atoms with E-state index in [-0.39, 0.29) is 10.8 Å². The van der Waals surface area contributed by atoms with Gasteiger partial charge in [-0.3, -0.25) is 0 Å². The number of hydrogen-bond acceptors (Lipinski definition) is 3. The zero-order valence-corrected chi connectivity index (χ0v) is 13.2. The zero-order valence-electron chi connectivity index (χ0n) is 13.2. The normalized spacial score (nSPS) is 14.3. The van der Waals surface area contributed by atoms with Crippen LogP contribution in [0.25, 0.3) is 0 Å². The molecule has 3 heteroatoms. The van der Waals surface area contributed by atoms with Crippen LogP contribution < -0.4 is 11.1 Å². The van der Waals surface area contributed by atoms with Gasteiger partial charge in [0.2, 0.25) is 0 Å². The summed E-state index contributed by atoms with van der Waals surface area (Å²) < 4.78 is 0. The third-order valence-corrected chi connectivity index (χ3v) is 3.45. The van der Waals surface area contributed by atoms with Crippen molar-refractivity contribution in [3.05, 3.63) is 23.9 Å². The van der Waals surface area contributed by atoms with Gasteiger partial charge in [0.25, 0.3) is 0 Å². The Bertz CT molecular complexity index is 382. The number of aromatic nitrogens is 1. The average Bonchev–Trinajstić information content (AvgIpc) is 2.26. The Morgan fingerprint density at radius 1 is 1.16 bits per heavy atom. The quantitative estimate of drug-likeness (QED) is 0.873. The van der Waals surface area contributed by atoms with Crippen molar-refractivity contribution < 1.29 is 0 Å². The SMILES string of the molecule is CC(C)(C)c1ccc(NC(CCN)C(C)(C)C)nc1. The molecule has 19 heavy (non-hydrogen) atoms. The molecule has 1 atom stereocenters. The molecule has 0 saturated heterocycles. The molecule has 0 radical (unpaired) electrons. The van der Waals surface area contributed by atoms with Crippen LogP contribution in [-0.4, -0.2) is 17.6 Å². The lowest BCUT2D eigenvalue weighted by atomic mass is 9.84. The van der Waals surface area contributed by atoms with E-state index in [1.807, 2.05) is 6.20 Å². The predicted octanol–water partition coefficient (Wildman–Crippen LogP) is 3.55. The highest BCUT2D eigenvalue weighted by Crippen LogP contribution is 2.26.